The van der Waals surface area contributed by atoms with Crippen molar-refractivity contribution in [2.75, 3.05) is 0 Å². The number of benzene rings is 2. The summed E-state index contributed by atoms with van der Waals surface area (Å²) in [5.74, 6) is -0.427. The first kappa shape index (κ1) is 16.0. The summed E-state index contributed by atoms with van der Waals surface area (Å²) in [7, 11) is 0. The van der Waals surface area contributed by atoms with Crippen molar-refractivity contribution < 1.29 is 9.53 Å². The lowest BCUT2D eigenvalue weighted by molar-refractivity contribution is 0.0299. The van der Waals surface area contributed by atoms with Crippen LogP contribution in [0.4, 0.5) is 0 Å². The molecule has 0 aliphatic carbocycles. The van der Waals surface area contributed by atoms with E-state index in [1.54, 1.807) is 23.0 Å². The topological polar surface area (TPSA) is 56.5 Å². The first-order chi connectivity index (χ1) is 12.8. The Labute approximate surface area is 150 Å². The molecule has 0 amide bonds. The van der Waals surface area contributed by atoms with E-state index < -0.39 is 5.97 Å². The maximum atomic E-state index is 12.8. The van der Waals surface area contributed by atoms with E-state index in [2.05, 4.69) is 10.1 Å². The highest BCUT2D eigenvalue weighted by atomic mass is 16.5. The van der Waals surface area contributed by atoms with E-state index in [0.29, 0.717) is 17.6 Å². The largest absolute Gasteiger partial charge is 0.453 e. The van der Waals surface area contributed by atoms with Crippen molar-refractivity contribution in [1.82, 2.24) is 14.6 Å². The Bertz CT molecular complexity index is 1010. The van der Waals surface area contributed by atoms with Crippen LogP contribution in [0.5, 0.6) is 0 Å². The molecule has 0 spiro atoms. The molecule has 26 heavy (non-hydrogen) atoms. The van der Waals surface area contributed by atoms with Crippen LogP contribution in [0.3, 0.4) is 0 Å². The monoisotopic (exact) mass is 343 g/mol. The maximum absolute atomic E-state index is 12.8. The van der Waals surface area contributed by atoms with Gasteiger partial charge in [0.1, 0.15) is 11.7 Å². The molecule has 0 fully saturated rings. The highest BCUT2D eigenvalue weighted by Gasteiger charge is 2.21. The van der Waals surface area contributed by atoms with Crippen molar-refractivity contribution in [3.8, 4) is 0 Å². The molecule has 2 aromatic heterocycles. The third-order valence-electron chi connectivity index (χ3n) is 4.18. The highest BCUT2D eigenvalue weighted by Crippen LogP contribution is 2.24. The summed E-state index contributed by atoms with van der Waals surface area (Å²) in [6.07, 6.45) is 5.09. The van der Waals surface area contributed by atoms with Gasteiger partial charge in [-0.05, 0) is 17.2 Å². The molecule has 4 rings (SSSR count). The number of rotatable bonds is 5. The minimum Gasteiger partial charge on any atom is -0.453 e. The molecule has 0 saturated heterocycles. The van der Waals surface area contributed by atoms with Crippen molar-refractivity contribution in [3.63, 3.8) is 0 Å². The lowest BCUT2D eigenvalue weighted by Gasteiger charge is -2.18. The van der Waals surface area contributed by atoms with Gasteiger partial charge in [-0.1, -0.05) is 60.7 Å². The fraction of sp³-hybridized carbons (Fsp3) is 0.0952. The van der Waals surface area contributed by atoms with Crippen LogP contribution in [0.15, 0.2) is 85.3 Å². The van der Waals surface area contributed by atoms with E-state index in [1.807, 2.05) is 60.7 Å². The molecule has 0 bridgehead atoms. The van der Waals surface area contributed by atoms with Crippen LogP contribution in [-0.2, 0) is 11.2 Å². The SMILES string of the molecule is O=C(O[C@H](Cc1ccccc1)c1ccccc1)c1cnn2cccnc12. The quantitative estimate of drug-likeness (QED) is 0.516. The van der Waals surface area contributed by atoms with Crippen molar-refractivity contribution >= 4 is 11.6 Å². The van der Waals surface area contributed by atoms with Crippen molar-refractivity contribution in [2.24, 2.45) is 0 Å². The number of ether oxygens (including phenoxy) is 1. The minimum atomic E-state index is -0.427. The number of carbonyl (C=O) groups is 1. The molecule has 5 heteroatoms. The Morgan fingerprint density at radius 2 is 1.73 bits per heavy atom. The minimum absolute atomic E-state index is 0.361. The van der Waals surface area contributed by atoms with E-state index in [-0.39, 0.29) is 6.10 Å². The summed E-state index contributed by atoms with van der Waals surface area (Å²) in [4.78, 5) is 17.0. The Balaban J connectivity index is 1.63. The Morgan fingerprint density at radius 1 is 1.00 bits per heavy atom. The number of carbonyl (C=O) groups excluding carboxylic acids is 1. The van der Waals surface area contributed by atoms with Crippen LogP contribution in [0.2, 0.25) is 0 Å². The van der Waals surface area contributed by atoms with Crippen LogP contribution in [0, 0.1) is 0 Å². The molecule has 0 radical (unpaired) electrons. The zero-order valence-electron chi connectivity index (χ0n) is 14.0. The van der Waals surface area contributed by atoms with Gasteiger partial charge in [-0.3, -0.25) is 0 Å². The van der Waals surface area contributed by atoms with E-state index in [0.717, 1.165) is 11.1 Å². The third-order valence-corrected chi connectivity index (χ3v) is 4.18. The predicted molar refractivity (Wildman–Crippen MR) is 97.7 cm³/mol. The van der Waals surface area contributed by atoms with Gasteiger partial charge in [0.05, 0.1) is 6.20 Å². The molecule has 0 aliphatic rings. The molecule has 1 atom stereocenters. The van der Waals surface area contributed by atoms with Crippen LogP contribution >= 0.6 is 0 Å². The van der Waals surface area contributed by atoms with Gasteiger partial charge in [0.15, 0.2) is 5.65 Å². The fourth-order valence-corrected chi connectivity index (χ4v) is 2.89. The molecule has 0 unspecified atom stereocenters. The summed E-state index contributed by atoms with van der Waals surface area (Å²) >= 11 is 0. The van der Waals surface area contributed by atoms with E-state index in [9.17, 15) is 4.79 Å². The highest BCUT2D eigenvalue weighted by molar-refractivity contribution is 5.95. The van der Waals surface area contributed by atoms with Gasteiger partial charge in [0, 0.05) is 18.8 Å². The second-order valence-electron chi connectivity index (χ2n) is 5.94. The van der Waals surface area contributed by atoms with Gasteiger partial charge >= 0.3 is 5.97 Å². The van der Waals surface area contributed by atoms with Crippen molar-refractivity contribution in [2.45, 2.75) is 12.5 Å². The normalized spacial score (nSPS) is 12.0. The Kier molecular flexibility index (Phi) is 4.43. The molecule has 2 heterocycles. The lowest BCUT2D eigenvalue weighted by atomic mass is 10.0. The number of esters is 1. The number of hydrogen-bond acceptors (Lipinski definition) is 4. The number of aromatic nitrogens is 3. The number of hydrogen-bond donors (Lipinski definition) is 0. The Hall–Kier alpha value is -3.47. The van der Waals surface area contributed by atoms with E-state index in [4.69, 9.17) is 4.74 Å². The van der Waals surface area contributed by atoms with Gasteiger partial charge in [-0.2, -0.15) is 5.10 Å². The zero-order chi connectivity index (χ0) is 17.8. The Morgan fingerprint density at radius 3 is 2.50 bits per heavy atom. The summed E-state index contributed by atoms with van der Waals surface area (Å²) in [6, 6.07) is 21.5. The van der Waals surface area contributed by atoms with Gasteiger partial charge in [-0.25, -0.2) is 14.3 Å². The van der Waals surface area contributed by atoms with Gasteiger partial charge in [-0.15, -0.1) is 0 Å². The van der Waals surface area contributed by atoms with Gasteiger partial charge < -0.3 is 4.74 Å². The van der Waals surface area contributed by atoms with Crippen molar-refractivity contribution in [1.29, 1.82) is 0 Å². The average Bonchev–Trinajstić information content (AvgIpc) is 3.13. The zero-order valence-corrected chi connectivity index (χ0v) is 14.0. The summed E-state index contributed by atoms with van der Waals surface area (Å²) in [5, 5.41) is 4.16. The first-order valence-electron chi connectivity index (χ1n) is 8.39. The molecular weight excluding hydrogens is 326 g/mol. The first-order valence-corrected chi connectivity index (χ1v) is 8.39. The standard InChI is InChI=1S/C21H17N3O2/c25-21(18-15-23-24-13-7-12-22-20(18)24)26-19(17-10-5-2-6-11-17)14-16-8-3-1-4-9-16/h1-13,15,19H,14H2/t19-/m1/s1. The maximum Gasteiger partial charge on any atom is 0.344 e. The third kappa shape index (κ3) is 3.32. The average molecular weight is 343 g/mol. The van der Waals surface area contributed by atoms with Crippen LogP contribution in [-0.4, -0.2) is 20.6 Å². The van der Waals surface area contributed by atoms with Crippen molar-refractivity contribution in [3.05, 3.63) is 102 Å². The fourth-order valence-electron chi connectivity index (χ4n) is 2.89. The molecule has 2 aromatic carbocycles. The van der Waals surface area contributed by atoms with Gasteiger partial charge in [0.2, 0.25) is 0 Å². The van der Waals surface area contributed by atoms with Gasteiger partial charge in [0.25, 0.3) is 0 Å². The lowest BCUT2D eigenvalue weighted by Crippen LogP contribution is -2.14. The number of nitrogens with zero attached hydrogens (tertiary/aromatic N) is 3. The second-order valence-corrected chi connectivity index (χ2v) is 5.94. The molecule has 128 valence electrons. The second kappa shape index (κ2) is 7.19. The van der Waals surface area contributed by atoms with Crippen LogP contribution < -0.4 is 0 Å². The smallest absolute Gasteiger partial charge is 0.344 e. The summed E-state index contributed by atoms with van der Waals surface area (Å²) < 4.78 is 7.42. The molecule has 5 nitrogen and oxygen atoms in total. The summed E-state index contributed by atoms with van der Waals surface area (Å²) in [6.45, 7) is 0. The molecule has 0 N–H and O–H groups in total. The molecule has 4 aromatic rings. The van der Waals surface area contributed by atoms with Crippen LogP contribution in [0.25, 0.3) is 5.65 Å². The van der Waals surface area contributed by atoms with E-state index >= 15 is 0 Å². The predicted octanol–water partition coefficient (Wildman–Crippen LogP) is 3.87. The number of fused-ring (bicyclic) bond motifs is 1. The molecular formula is C21H17N3O2. The summed E-state index contributed by atoms with van der Waals surface area (Å²) in [5.41, 5.74) is 2.91. The molecule has 0 saturated carbocycles. The molecule has 0 aliphatic heterocycles. The van der Waals surface area contributed by atoms with E-state index in [1.165, 1.54) is 6.20 Å². The van der Waals surface area contributed by atoms with Crippen LogP contribution in [0.1, 0.15) is 27.6 Å².